The van der Waals surface area contributed by atoms with E-state index >= 15 is 0 Å². The lowest BCUT2D eigenvalue weighted by molar-refractivity contribution is 0.0424. The highest BCUT2D eigenvalue weighted by Crippen LogP contribution is 2.41. The number of aromatic nitrogens is 4. The maximum Gasteiger partial charge on any atom is 0.185 e. The fourth-order valence-corrected chi connectivity index (χ4v) is 6.35. The predicted molar refractivity (Wildman–Crippen MR) is 136 cm³/mol. The highest BCUT2D eigenvalue weighted by molar-refractivity contribution is 5.72. The molecule has 7 nitrogen and oxygen atoms in total. The molecule has 4 aromatic rings. The van der Waals surface area contributed by atoms with E-state index in [4.69, 9.17) is 5.26 Å². The lowest BCUT2D eigenvalue weighted by atomic mass is 9.79. The maximum atomic E-state index is 9.15. The smallest absolute Gasteiger partial charge is 0.185 e. The molecular formula is C28H27N7. The van der Waals surface area contributed by atoms with Crippen molar-refractivity contribution in [1.29, 1.82) is 5.26 Å². The largest absolute Gasteiger partial charge is 0.371 e. The van der Waals surface area contributed by atoms with Crippen molar-refractivity contribution in [3.8, 4) is 34.4 Å². The zero-order valence-corrected chi connectivity index (χ0v) is 20.1. The molecule has 5 heterocycles. The van der Waals surface area contributed by atoms with E-state index in [0.29, 0.717) is 11.0 Å². The van der Waals surface area contributed by atoms with Gasteiger partial charge < -0.3 is 14.4 Å². The number of hydrogen-bond acceptors (Lipinski definition) is 5. The molecule has 3 aliphatic heterocycles. The second kappa shape index (κ2) is 7.30. The van der Waals surface area contributed by atoms with Crippen molar-refractivity contribution in [2.75, 3.05) is 38.1 Å². The number of rotatable bonds is 2. The van der Waals surface area contributed by atoms with E-state index in [9.17, 15) is 0 Å². The third-order valence-electron chi connectivity index (χ3n) is 7.96. The Morgan fingerprint density at radius 2 is 1.80 bits per heavy atom. The van der Waals surface area contributed by atoms with Gasteiger partial charge in [0, 0.05) is 55.6 Å². The summed E-state index contributed by atoms with van der Waals surface area (Å²) in [5.41, 5.74) is 8.16. The van der Waals surface area contributed by atoms with Gasteiger partial charge in [0.05, 0.1) is 23.0 Å². The van der Waals surface area contributed by atoms with E-state index in [1.54, 1.807) is 0 Å². The Hall–Kier alpha value is -3.89. The third-order valence-corrected chi connectivity index (χ3v) is 7.96. The average Bonchev–Trinajstić information content (AvgIpc) is 3.55. The van der Waals surface area contributed by atoms with Crippen molar-refractivity contribution < 1.29 is 0 Å². The molecule has 7 rings (SSSR count). The predicted octanol–water partition coefficient (Wildman–Crippen LogP) is 4.09. The molecule has 7 heteroatoms. The number of nitriles is 1. The van der Waals surface area contributed by atoms with Crippen LogP contribution in [0.5, 0.6) is 0 Å². The zero-order chi connectivity index (χ0) is 23.7. The van der Waals surface area contributed by atoms with E-state index in [2.05, 4.69) is 72.7 Å². The molecule has 3 aliphatic rings. The van der Waals surface area contributed by atoms with Gasteiger partial charge in [-0.2, -0.15) is 5.26 Å². The van der Waals surface area contributed by atoms with Crippen LogP contribution in [0.15, 0.2) is 54.7 Å². The number of aryl methyl sites for hydroxylation is 1. The van der Waals surface area contributed by atoms with Gasteiger partial charge in [-0.1, -0.05) is 12.1 Å². The summed E-state index contributed by atoms with van der Waals surface area (Å²) in [5, 5.41) is 18.2. The molecule has 2 aromatic heterocycles. The minimum atomic E-state index is 0.475. The minimum Gasteiger partial charge on any atom is -0.371 e. The van der Waals surface area contributed by atoms with Crippen LogP contribution in [-0.4, -0.2) is 57.5 Å². The first-order valence-corrected chi connectivity index (χ1v) is 12.2. The van der Waals surface area contributed by atoms with Gasteiger partial charge in [-0.3, -0.25) is 4.57 Å². The molecule has 0 atom stereocenters. The monoisotopic (exact) mass is 461 g/mol. The van der Waals surface area contributed by atoms with Crippen LogP contribution in [0.4, 0.5) is 5.69 Å². The van der Waals surface area contributed by atoms with Gasteiger partial charge in [0.25, 0.3) is 0 Å². The normalized spacial score (nSPS) is 17.9. The van der Waals surface area contributed by atoms with Gasteiger partial charge in [0.15, 0.2) is 5.82 Å². The van der Waals surface area contributed by atoms with Gasteiger partial charge in [0.2, 0.25) is 0 Å². The van der Waals surface area contributed by atoms with Crippen LogP contribution in [0.1, 0.15) is 23.4 Å². The molecule has 174 valence electrons. The minimum absolute atomic E-state index is 0.475. The molecule has 2 aromatic carbocycles. The summed E-state index contributed by atoms with van der Waals surface area (Å²) in [6, 6.07) is 19.0. The Bertz CT molecular complexity index is 1500. The second-order valence-corrected chi connectivity index (χ2v) is 10.5. The number of hydrogen-bond donors (Lipinski definition) is 0. The first-order valence-electron chi connectivity index (χ1n) is 12.2. The number of anilines is 1. The molecule has 0 saturated carbocycles. The summed E-state index contributed by atoms with van der Waals surface area (Å²) in [5.74, 6) is 1.76. The van der Waals surface area contributed by atoms with E-state index in [0.717, 1.165) is 53.8 Å². The fraction of sp³-hybridized carbons (Fsp3) is 0.321. The summed E-state index contributed by atoms with van der Waals surface area (Å²) in [6.45, 7) is 7.49. The Morgan fingerprint density at radius 1 is 0.971 bits per heavy atom. The van der Waals surface area contributed by atoms with Gasteiger partial charge >= 0.3 is 0 Å². The highest BCUT2D eigenvalue weighted by atomic mass is 15.3. The average molecular weight is 462 g/mol. The van der Waals surface area contributed by atoms with E-state index < -0.39 is 0 Å². The van der Waals surface area contributed by atoms with Crippen LogP contribution in [0.3, 0.4) is 0 Å². The number of fused-ring (bicyclic) bond motifs is 5. The SMILES string of the molecule is Cc1nnc2n1-c1ccc(N3CCC4(CN(C)C4)C3)cc1Cn1cc(-c3ccc(C#N)cc3)cc1-2. The summed E-state index contributed by atoms with van der Waals surface area (Å²) in [6.07, 6.45) is 3.47. The number of benzene rings is 2. The molecular weight excluding hydrogens is 434 g/mol. The summed E-state index contributed by atoms with van der Waals surface area (Å²) < 4.78 is 4.47. The molecule has 2 fully saturated rings. The van der Waals surface area contributed by atoms with Gasteiger partial charge in [-0.25, -0.2) is 0 Å². The maximum absolute atomic E-state index is 9.15. The van der Waals surface area contributed by atoms with E-state index in [-0.39, 0.29) is 0 Å². The fourth-order valence-electron chi connectivity index (χ4n) is 6.35. The molecule has 0 unspecified atom stereocenters. The number of likely N-dealkylation sites (tertiary alicyclic amines) is 1. The molecule has 2 saturated heterocycles. The van der Waals surface area contributed by atoms with Crippen LogP contribution in [-0.2, 0) is 6.54 Å². The van der Waals surface area contributed by atoms with Gasteiger partial charge in [-0.05, 0) is 67.9 Å². The topological polar surface area (TPSA) is 65.9 Å². The van der Waals surface area contributed by atoms with Crippen LogP contribution in [0.25, 0.3) is 28.3 Å². The molecule has 1 spiro atoms. The first-order chi connectivity index (χ1) is 17.0. The zero-order valence-electron chi connectivity index (χ0n) is 20.1. The first kappa shape index (κ1) is 20.5. The lowest BCUT2D eigenvalue weighted by Gasteiger charge is -2.46. The highest BCUT2D eigenvalue weighted by Gasteiger charge is 2.46. The van der Waals surface area contributed by atoms with Crippen molar-refractivity contribution >= 4 is 5.69 Å². The summed E-state index contributed by atoms with van der Waals surface area (Å²) in [4.78, 5) is 4.99. The van der Waals surface area contributed by atoms with Crippen molar-refractivity contribution in [3.63, 3.8) is 0 Å². The van der Waals surface area contributed by atoms with Crippen molar-refractivity contribution in [1.82, 2.24) is 24.2 Å². The second-order valence-electron chi connectivity index (χ2n) is 10.5. The lowest BCUT2D eigenvalue weighted by Crippen LogP contribution is -2.55. The molecule has 0 aliphatic carbocycles. The number of nitrogens with zero attached hydrogens (tertiary/aromatic N) is 7. The molecule has 0 N–H and O–H groups in total. The summed E-state index contributed by atoms with van der Waals surface area (Å²) >= 11 is 0. The standard InChI is InChI=1S/C28H27N7/c1-19-30-31-27-26-12-22(21-5-3-20(13-29)4-6-21)14-34(26)15-23-11-24(7-8-25(23)35(19)27)33-10-9-28(18-33)16-32(2)17-28/h3-8,11-12,14H,9-10,15-18H2,1-2H3. The van der Waals surface area contributed by atoms with Gasteiger partial charge in [0.1, 0.15) is 5.82 Å². The van der Waals surface area contributed by atoms with Crippen LogP contribution < -0.4 is 4.90 Å². The molecule has 35 heavy (non-hydrogen) atoms. The van der Waals surface area contributed by atoms with Crippen molar-refractivity contribution in [3.05, 3.63) is 71.7 Å². The van der Waals surface area contributed by atoms with Crippen molar-refractivity contribution in [2.24, 2.45) is 5.41 Å². The Morgan fingerprint density at radius 3 is 2.57 bits per heavy atom. The Kier molecular flexibility index (Phi) is 4.27. The molecule has 0 amide bonds. The quantitative estimate of drug-likeness (QED) is 0.396. The van der Waals surface area contributed by atoms with E-state index in [1.165, 1.54) is 30.8 Å². The molecule has 0 radical (unpaired) electrons. The Balaban J connectivity index is 1.29. The third kappa shape index (κ3) is 3.14. The molecule has 0 bridgehead atoms. The summed E-state index contributed by atoms with van der Waals surface area (Å²) in [7, 11) is 2.22. The van der Waals surface area contributed by atoms with Crippen LogP contribution in [0.2, 0.25) is 0 Å². The van der Waals surface area contributed by atoms with Crippen LogP contribution >= 0.6 is 0 Å². The van der Waals surface area contributed by atoms with Crippen LogP contribution in [0, 0.1) is 23.7 Å². The van der Waals surface area contributed by atoms with Crippen molar-refractivity contribution in [2.45, 2.75) is 19.9 Å². The van der Waals surface area contributed by atoms with E-state index in [1.807, 2.05) is 31.2 Å². The Labute approximate surface area is 204 Å². The van der Waals surface area contributed by atoms with Gasteiger partial charge in [-0.15, -0.1) is 10.2 Å².